The Labute approximate surface area is 140 Å². The summed E-state index contributed by atoms with van der Waals surface area (Å²) in [6.07, 6.45) is 0. The van der Waals surface area contributed by atoms with Crippen molar-refractivity contribution in [3.63, 3.8) is 0 Å². The molecule has 0 fully saturated rings. The summed E-state index contributed by atoms with van der Waals surface area (Å²) in [4.78, 5) is 26.6. The number of hydrogen-bond donors (Lipinski definition) is 1. The van der Waals surface area contributed by atoms with Gasteiger partial charge in [-0.25, -0.2) is 0 Å². The van der Waals surface area contributed by atoms with Crippen molar-refractivity contribution in [1.82, 2.24) is 4.90 Å². The van der Waals surface area contributed by atoms with Crippen molar-refractivity contribution < 1.29 is 14.7 Å². The van der Waals surface area contributed by atoms with Crippen molar-refractivity contribution in [2.24, 2.45) is 0 Å². The van der Waals surface area contributed by atoms with Crippen molar-refractivity contribution >= 4 is 23.1 Å². The molecule has 0 aliphatic rings. The number of thiophene rings is 1. The second kappa shape index (κ2) is 7.06. The minimum absolute atomic E-state index is 0.0166. The third-order valence-electron chi connectivity index (χ3n) is 4.16. The molecule has 0 spiro atoms. The van der Waals surface area contributed by atoms with Crippen LogP contribution in [-0.2, 0) is 4.79 Å². The second-order valence-electron chi connectivity index (χ2n) is 5.85. The van der Waals surface area contributed by atoms with E-state index in [9.17, 15) is 14.7 Å². The Morgan fingerprint density at radius 3 is 2.35 bits per heavy atom. The van der Waals surface area contributed by atoms with Crippen LogP contribution in [0.15, 0.2) is 35.7 Å². The first-order valence-corrected chi connectivity index (χ1v) is 8.32. The first-order chi connectivity index (χ1) is 10.8. The number of benzene rings is 1. The van der Waals surface area contributed by atoms with Gasteiger partial charge in [-0.05, 0) is 56.6 Å². The molecule has 1 N–H and O–H groups in total. The van der Waals surface area contributed by atoms with Gasteiger partial charge < -0.3 is 10.0 Å². The van der Waals surface area contributed by atoms with Crippen molar-refractivity contribution in [3.8, 4) is 0 Å². The van der Waals surface area contributed by atoms with E-state index in [4.69, 9.17) is 0 Å². The van der Waals surface area contributed by atoms with Crippen molar-refractivity contribution in [3.05, 3.63) is 57.3 Å². The predicted octanol–water partition coefficient (Wildman–Crippen LogP) is 3.79. The molecule has 23 heavy (non-hydrogen) atoms. The highest BCUT2D eigenvalue weighted by Crippen LogP contribution is 2.30. The lowest BCUT2D eigenvalue weighted by atomic mass is 9.89. The molecular formula is C18H21NO3S. The first kappa shape index (κ1) is 17.4. The molecule has 0 radical (unpaired) electrons. The summed E-state index contributed by atoms with van der Waals surface area (Å²) in [5.41, 5.74) is 2.23. The number of carbonyl (C=O) groups is 2. The zero-order valence-electron chi connectivity index (χ0n) is 13.7. The van der Waals surface area contributed by atoms with Gasteiger partial charge in [-0.3, -0.25) is 9.59 Å². The van der Waals surface area contributed by atoms with E-state index in [0.717, 1.165) is 11.1 Å². The molecule has 1 aromatic carbocycles. The highest BCUT2D eigenvalue weighted by atomic mass is 32.1. The third-order valence-corrected chi connectivity index (χ3v) is 5.02. The quantitative estimate of drug-likeness (QED) is 0.818. The van der Waals surface area contributed by atoms with Gasteiger partial charge in [-0.2, -0.15) is 0 Å². The van der Waals surface area contributed by atoms with Gasteiger partial charge in [-0.1, -0.05) is 18.2 Å². The molecule has 1 aromatic heterocycles. The molecule has 2 atom stereocenters. The predicted molar refractivity (Wildman–Crippen MR) is 92.3 cm³/mol. The summed E-state index contributed by atoms with van der Waals surface area (Å²) in [6.45, 7) is 3.68. The standard InChI is InChI=1S/C18H21NO3S/c1-11(18(21)22)14-8-7-13(10-15(14)12(2)19(3)4)17(20)16-6-5-9-23-16/h5-12H,1-4H3,(H,21,22). The molecule has 0 aliphatic heterocycles. The van der Waals surface area contributed by atoms with Crippen molar-refractivity contribution in [1.29, 1.82) is 0 Å². The molecule has 0 aliphatic carbocycles. The average Bonchev–Trinajstić information content (AvgIpc) is 3.06. The lowest BCUT2D eigenvalue weighted by molar-refractivity contribution is -0.138. The fourth-order valence-electron chi connectivity index (χ4n) is 2.43. The first-order valence-electron chi connectivity index (χ1n) is 7.44. The molecule has 5 heteroatoms. The van der Waals surface area contributed by atoms with Crippen LogP contribution in [0.5, 0.6) is 0 Å². The average molecular weight is 331 g/mol. The lowest BCUT2D eigenvalue weighted by Gasteiger charge is -2.25. The summed E-state index contributed by atoms with van der Waals surface area (Å²) >= 11 is 1.41. The van der Waals surface area contributed by atoms with Gasteiger partial charge in [0, 0.05) is 11.6 Å². The van der Waals surface area contributed by atoms with Gasteiger partial charge >= 0.3 is 5.97 Å². The molecule has 2 rings (SSSR count). The van der Waals surface area contributed by atoms with Gasteiger partial charge in [0.2, 0.25) is 5.78 Å². The highest BCUT2D eigenvalue weighted by molar-refractivity contribution is 7.12. The van der Waals surface area contributed by atoms with Crippen LogP contribution in [0.2, 0.25) is 0 Å². The summed E-state index contributed by atoms with van der Waals surface area (Å²) in [6, 6.07) is 9.00. The fourth-order valence-corrected chi connectivity index (χ4v) is 3.12. The number of hydrogen-bond acceptors (Lipinski definition) is 4. The molecule has 2 aromatic rings. The van der Waals surface area contributed by atoms with Crippen LogP contribution in [-0.4, -0.2) is 35.9 Å². The summed E-state index contributed by atoms with van der Waals surface area (Å²) in [5.74, 6) is -1.51. The Morgan fingerprint density at radius 1 is 1.13 bits per heavy atom. The largest absolute Gasteiger partial charge is 0.481 e. The van der Waals surface area contributed by atoms with Gasteiger partial charge in [0.25, 0.3) is 0 Å². The molecule has 122 valence electrons. The van der Waals surface area contributed by atoms with E-state index < -0.39 is 11.9 Å². The Bertz CT molecular complexity index is 707. The maximum atomic E-state index is 12.5. The van der Waals surface area contributed by atoms with E-state index in [-0.39, 0.29) is 11.8 Å². The smallest absolute Gasteiger partial charge is 0.310 e. The van der Waals surface area contributed by atoms with E-state index in [0.29, 0.717) is 10.4 Å². The Morgan fingerprint density at radius 2 is 1.83 bits per heavy atom. The summed E-state index contributed by atoms with van der Waals surface area (Å²) < 4.78 is 0. The molecule has 0 bridgehead atoms. The number of carboxylic acid groups (broad SMARTS) is 1. The summed E-state index contributed by atoms with van der Waals surface area (Å²) in [5, 5.41) is 11.2. The Balaban J connectivity index is 2.51. The molecule has 1 heterocycles. The maximum absolute atomic E-state index is 12.5. The zero-order valence-corrected chi connectivity index (χ0v) is 14.6. The van der Waals surface area contributed by atoms with Crippen LogP contribution < -0.4 is 0 Å². The maximum Gasteiger partial charge on any atom is 0.310 e. The fraction of sp³-hybridized carbons (Fsp3) is 0.333. The highest BCUT2D eigenvalue weighted by Gasteiger charge is 2.23. The van der Waals surface area contributed by atoms with Crippen molar-refractivity contribution in [2.45, 2.75) is 25.8 Å². The number of carbonyl (C=O) groups excluding carboxylic acids is 1. The van der Waals surface area contributed by atoms with Crippen molar-refractivity contribution in [2.75, 3.05) is 14.1 Å². The molecule has 2 unspecified atom stereocenters. The molecule has 0 saturated heterocycles. The zero-order chi connectivity index (χ0) is 17.1. The van der Waals surface area contributed by atoms with E-state index in [1.807, 2.05) is 43.4 Å². The third kappa shape index (κ3) is 3.68. The molecule has 4 nitrogen and oxygen atoms in total. The number of rotatable bonds is 6. The monoisotopic (exact) mass is 331 g/mol. The second-order valence-corrected chi connectivity index (χ2v) is 6.80. The Kier molecular flexibility index (Phi) is 5.34. The number of nitrogens with zero attached hydrogens (tertiary/aromatic N) is 1. The van der Waals surface area contributed by atoms with E-state index in [2.05, 4.69) is 0 Å². The SMILES string of the molecule is CC(C(=O)O)c1ccc(C(=O)c2cccs2)cc1C(C)N(C)C. The normalized spacial score (nSPS) is 13.8. The number of aliphatic carboxylic acids is 1. The van der Waals surface area contributed by atoms with Gasteiger partial charge in [-0.15, -0.1) is 11.3 Å². The van der Waals surface area contributed by atoms with Crippen LogP contribution in [0.25, 0.3) is 0 Å². The topological polar surface area (TPSA) is 57.6 Å². The van der Waals surface area contributed by atoms with Crippen LogP contribution in [0.4, 0.5) is 0 Å². The van der Waals surface area contributed by atoms with Crippen LogP contribution in [0, 0.1) is 0 Å². The van der Waals surface area contributed by atoms with Gasteiger partial charge in [0.05, 0.1) is 10.8 Å². The number of ketones is 1. The minimum atomic E-state index is -0.866. The van der Waals surface area contributed by atoms with Gasteiger partial charge in [0.15, 0.2) is 0 Å². The number of carboxylic acids is 1. The molecular weight excluding hydrogens is 310 g/mol. The van der Waals surface area contributed by atoms with E-state index in [1.54, 1.807) is 25.1 Å². The van der Waals surface area contributed by atoms with Crippen LogP contribution in [0.3, 0.4) is 0 Å². The molecule has 0 saturated carbocycles. The van der Waals surface area contributed by atoms with E-state index in [1.165, 1.54) is 11.3 Å². The van der Waals surface area contributed by atoms with Gasteiger partial charge in [0.1, 0.15) is 0 Å². The Hall–Kier alpha value is -1.98. The lowest BCUT2D eigenvalue weighted by Crippen LogP contribution is -2.21. The van der Waals surface area contributed by atoms with E-state index >= 15 is 0 Å². The van der Waals surface area contributed by atoms with Crippen LogP contribution in [0.1, 0.15) is 52.2 Å². The molecule has 0 amide bonds. The minimum Gasteiger partial charge on any atom is -0.481 e. The van der Waals surface area contributed by atoms with Crippen LogP contribution >= 0.6 is 11.3 Å². The summed E-state index contributed by atoms with van der Waals surface area (Å²) in [7, 11) is 3.88.